The van der Waals surface area contributed by atoms with Gasteiger partial charge in [-0.1, -0.05) is 30.8 Å². The second-order valence-electron chi connectivity index (χ2n) is 7.36. The minimum absolute atomic E-state index is 0.0291. The van der Waals surface area contributed by atoms with E-state index >= 15 is 0 Å². The Morgan fingerprint density at radius 3 is 2.17 bits per heavy atom. The molecule has 0 aliphatic rings. The number of methoxy groups -OCH3 is 2. The Labute approximate surface area is 207 Å². The second-order valence-corrected chi connectivity index (χ2v) is 8.31. The van der Waals surface area contributed by atoms with Gasteiger partial charge >= 0.3 is 11.9 Å². The van der Waals surface area contributed by atoms with E-state index in [1.165, 1.54) is 49.7 Å². The highest BCUT2D eigenvalue weighted by Crippen LogP contribution is 2.20. The number of carbonyl (C=O) groups excluding carboxylic acids is 3. The van der Waals surface area contributed by atoms with Crippen LogP contribution in [0.3, 0.4) is 0 Å². The Bertz CT molecular complexity index is 1170. The van der Waals surface area contributed by atoms with E-state index in [1.54, 1.807) is 11.6 Å². The van der Waals surface area contributed by atoms with E-state index in [0.29, 0.717) is 11.0 Å². The molecule has 184 valence electrons. The van der Waals surface area contributed by atoms with Crippen molar-refractivity contribution in [2.24, 2.45) is 7.05 Å². The number of carbonyl (C=O) groups is 3. The van der Waals surface area contributed by atoms with Crippen LogP contribution in [0.15, 0.2) is 47.6 Å². The fourth-order valence-corrected chi connectivity index (χ4v) is 3.79. The van der Waals surface area contributed by atoms with Gasteiger partial charge in [-0.15, -0.1) is 10.2 Å². The lowest BCUT2D eigenvalue weighted by molar-refractivity contribution is -0.113. The third-order valence-corrected chi connectivity index (χ3v) is 6.04. The molecule has 0 unspecified atom stereocenters. The number of aryl methyl sites for hydroxylation is 1. The summed E-state index contributed by atoms with van der Waals surface area (Å²) in [4.78, 5) is 36.4. The van der Waals surface area contributed by atoms with E-state index in [1.807, 2.05) is 24.3 Å². The second kappa shape index (κ2) is 12.0. The minimum Gasteiger partial charge on any atom is -0.486 e. The quantitative estimate of drug-likeness (QED) is 0.331. The van der Waals surface area contributed by atoms with E-state index in [2.05, 4.69) is 22.4 Å². The van der Waals surface area contributed by atoms with Crippen LogP contribution in [0.2, 0.25) is 0 Å². The molecule has 1 N–H and O–H groups in total. The molecule has 0 radical (unpaired) electrons. The Morgan fingerprint density at radius 1 is 0.971 bits per heavy atom. The number of benzene rings is 2. The first kappa shape index (κ1) is 25.8. The number of hydrogen-bond acceptors (Lipinski definition) is 9. The van der Waals surface area contributed by atoms with Crippen LogP contribution in [0.25, 0.3) is 0 Å². The summed E-state index contributed by atoms with van der Waals surface area (Å²) in [5.74, 6) is -0.266. The number of nitrogens with zero attached hydrogens (tertiary/aromatic N) is 3. The standard InChI is InChI=1S/C24H26N4O6S/c1-5-15-6-8-19(9-7-15)34-13-20-26-27-24(28(20)2)35-14-21(29)25-18-11-16(22(30)32-3)10-17(12-18)23(31)33-4/h6-12H,5,13-14H2,1-4H3,(H,25,29). The molecule has 0 fully saturated rings. The first-order chi connectivity index (χ1) is 16.8. The summed E-state index contributed by atoms with van der Waals surface area (Å²) in [5.41, 5.74) is 1.72. The third-order valence-electron chi connectivity index (χ3n) is 5.02. The maximum absolute atomic E-state index is 12.5. The minimum atomic E-state index is -0.643. The maximum Gasteiger partial charge on any atom is 0.337 e. The van der Waals surface area contributed by atoms with Gasteiger partial charge in [0.2, 0.25) is 5.91 Å². The largest absolute Gasteiger partial charge is 0.486 e. The topological polar surface area (TPSA) is 122 Å². The van der Waals surface area contributed by atoms with Crippen molar-refractivity contribution in [2.75, 3.05) is 25.3 Å². The van der Waals surface area contributed by atoms with Crippen molar-refractivity contribution in [3.63, 3.8) is 0 Å². The van der Waals surface area contributed by atoms with Crippen molar-refractivity contribution in [2.45, 2.75) is 25.1 Å². The molecule has 2 aromatic carbocycles. The summed E-state index contributed by atoms with van der Waals surface area (Å²) >= 11 is 1.19. The first-order valence-corrected chi connectivity index (χ1v) is 11.7. The van der Waals surface area contributed by atoms with Crippen LogP contribution >= 0.6 is 11.8 Å². The van der Waals surface area contributed by atoms with Gasteiger partial charge in [0.15, 0.2) is 11.0 Å². The number of aromatic nitrogens is 3. The van der Waals surface area contributed by atoms with Crippen LogP contribution in [0, 0.1) is 0 Å². The number of amides is 1. The average molecular weight is 499 g/mol. The number of thioether (sulfide) groups is 1. The molecule has 0 saturated carbocycles. The van der Waals surface area contributed by atoms with Crippen LogP contribution in [0.5, 0.6) is 5.75 Å². The van der Waals surface area contributed by atoms with Crippen LogP contribution < -0.4 is 10.1 Å². The molecule has 0 spiro atoms. The van der Waals surface area contributed by atoms with Crippen LogP contribution in [-0.2, 0) is 34.3 Å². The summed E-state index contributed by atoms with van der Waals surface area (Å²) in [7, 11) is 4.25. The summed E-state index contributed by atoms with van der Waals surface area (Å²) in [6.07, 6.45) is 0.959. The molecule has 1 amide bonds. The molecule has 35 heavy (non-hydrogen) atoms. The summed E-state index contributed by atoms with van der Waals surface area (Å²) in [6, 6.07) is 12.0. The Balaban J connectivity index is 1.60. The van der Waals surface area contributed by atoms with Gasteiger partial charge in [0, 0.05) is 12.7 Å². The van der Waals surface area contributed by atoms with Crippen molar-refractivity contribution < 1.29 is 28.6 Å². The molecule has 11 heteroatoms. The molecule has 1 heterocycles. The van der Waals surface area contributed by atoms with E-state index in [9.17, 15) is 14.4 Å². The highest BCUT2D eigenvalue weighted by molar-refractivity contribution is 7.99. The first-order valence-electron chi connectivity index (χ1n) is 10.7. The Hall–Kier alpha value is -3.86. The van der Waals surface area contributed by atoms with Crippen LogP contribution in [-0.4, -0.2) is 52.6 Å². The number of anilines is 1. The molecule has 3 aromatic rings. The number of hydrogen-bond donors (Lipinski definition) is 1. The average Bonchev–Trinajstić information content (AvgIpc) is 3.24. The highest BCUT2D eigenvalue weighted by atomic mass is 32.2. The van der Waals surface area contributed by atoms with Gasteiger partial charge in [-0.05, 0) is 42.3 Å². The van der Waals surface area contributed by atoms with Crippen LogP contribution in [0.4, 0.5) is 5.69 Å². The smallest absolute Gasteiger partial charge is 0.337 e. The van der Waals surface area contributed by atoms with E-state index < -0.39 is 11.9 Å². The lowest BCUT2D eigenvalue weighted by Crippen LogP contribution is -2.16. The Kier molecular flexibility index (Phi) is 8.85. The number of nitrogens with one attached hydrogen (secondary N) is 1. The van der Waals surface area contributed by atoms with Gasteiger partial charge in [-0.3, -0.25) is 4.79 Å². The van der Waals surface area contributed by atoms with Crippen LogP contribution in [0.1, 0.15) is 39.0 Å². The highest BCUT2D eigenvalue weighted by Gasteiger charge is 2.16. The van der Waals surface area contributed by atoms with Crippen molar-refractivity contribution in [3.8, 4) is 5.75 Å². The predicted octanol–water partition coefficient (Wildman–Crippen LogP) is 3.26. The molecule has 0 aliphatic carbocycles. The molecular weight excluding hydrogens is 472 g/mol. The van der Waals surface area contributed by atoms with Crippen molar-refractivity contribution >= 4 is 35.3 Å². The van der Waals surface area contributed by atoms with Crippen molar-refractivity contribution in [1.82, 2.24) is 14.8 Å². The van der Waals surface area contributed by atoms with Gasteiger partial charge in [-0.25, -0.2) is 9.59 Å². The fourth-order valence-electron chi connectivity index (χ4n) is 3.06. The van der Waals surface area contributed by atoms with Gasteiger partial charge in [0.25, 0.3) is 0 Å². The zero-order valence-corrected chi connectivity index (χ0v) is 20.7. The predicted molar refractivity (Wildman–Crippen MR) is 130 cm³/mol. The van der Waals surface area contributed by atoms with Gasteiger partial charge in [-0.2, -0.15) is 0 Å². The van der Waals surface area contributed by atoms with E-state index in [4.69, 9.17) is 14.2 Å². The summed E-state index contributed by atoms with van der Waals surface area (Å²) in [6.45, 7) is 2.33. The number of rotatable bonds is 10. The SMILES string of the molecule is CCc1ccc(OCc2nnc(SCC(=O)Nc3cc(C(=O)OC)cc(C(=O)OC)c3)n2C)cc1. The normalized spacial score (nSPS) is 10.5. The molecule has 3 rings (SSSR count). The van der Waals surface area contributed by atoms with Gasteiger partial charge < -0.3 is 24.1 Å². The maximum atomic E-state index is 12.5. The van der Waals surface area contributed by atoms with E-state index in [0.717, 1.165) is 12.2 Å². The lowest BCUT2D eigenvalue weighted by atomic mass is 10.1. The van der Waals surface area contributed by atoms with E-state index in [-0.39, 0.29) is 35.1 Å². The van der Waals surface area contributed by atoms with Gasteiger partial charge in [0.05, 0.1) is 31.1 Å². The zero-order valence-electron chi connectivity index (χ0n) is 19.9. The molecule has 0 bridgehead atoms. The summed E-state index contributed by atoms with van der Waals surface area (Å²) < 4.78 is 17.0. The van der Waals surface area contributed by atoms with Crippen molar-refractivity contribution in [3.05, 3.63) is 65.0 Å². The molecule has 0 saturated heterocycles. The molecular formula is C24H26N4O6S. The third kappa shape index (κ3) is 6.82. The summed E-state index contributed by atoms with van der Waals surface area (Å²) in [5, 5.41) is 11.5. The molecule has 0 atom stereocenters. The number of ether oxygens (including phenoxy) is 3. The monoisotopic (exact) mass is 498 g/mol. The zero-order chi connectivity index (χ0) is 25.4. The van der Waals surface area contributed by atoms with Crippen molar-refractivity contribution in [1.29, 1.82) is 0 Å². The van der Waals surface area contributed by atoms with Gasteiger partial charge in [0.1, 0.15) is 12.4 Å². The fraction of sp³-hybridized carbons (Fsp3) is 0.292. The Morgan fingerprint density at radius 2 is 1.60 bits per heavy atom. The molecule has 10 nitrogen and oxygen atoms in total. The number of esters is 2. The molecule has 1 aromatic heterocycles. The molecule has 0 aliphatic heterocycles. The lowest BCUT2D eigenvalue weighted by Gasteiger charge is -2.10.